The summed E-state index contributed by atoms with van der Waals surface area (Å²) in [6.45, 7) is 4.46. The number of benzene rings is 2. The van der Waals surface area contributed by atoms with Crippen molar-refractivity contribution in [1.29, 1.82) is 0 Å². The Morgan fingerprint density at radius 2 is 1.83 bits per heavy atom. The number of nitrogen functional groups attached to an aromatic ring is 1. The van der Waals surface area contributed by atoms with Crippen molar-refractivity contribution in [3.05, 3.63) is 46.9 Å². The molecule has 156 valence electrons. The molecule has 0 aliphatic carbocycles. The van der Waals surface area contributed by atoms with Crippen LogP contribution in [-0.4, -0.2) is 35.1 Å². The van der Waals surface area contributed by atoms with E-state index >= 15 is 0 Å². The predicted molar refractivity (Wildman–Crippen MR) is 105 cm³/mol. The lowest BCUT2D eigenvalue weighted by atomic mass is 9.84. The summed E-state index contributed by atoms with van der Waals surface area (Å²) < 4.78 is 38.5. The summed E-state index contributed by atoms with van der Waals surface area (Å²) in [7, 11) is 0. The third-order valence-electron chi connectivity index (χ3n) is 5.30. The summed E-state index contributed by atoms with van der Waals surface area (Å²) in [6.07, 6.45) is -7.40. The zero-order valence-electron chi connectivity index (χ0n) is 15.9. The second-order valence-electron chi connectivity index (χ2n) is 7.84. The predicted octanol–water partition coefficient (Wildman–Crippen LogP) is 4.14. The van der Waals surface area contributed by atoms with Crippen molar-refractivity contribution in [1.82, 2.24) is 0 Å². The first-order chi connectivity index (χ1) is 13.4. The molecule has 1 saturated heterocycles. The first-order valence-corrected chi connectivity index (χ1v) is 9.01. The average molecular weight is 409 g/mol. The van der Waals surface area contributed by atoms with Gasteiger partial charge in [-0.25, -0.2) is 0 Å². The van der Waals surface area contributed by atoms with Gasteiger partial charge >= 0.3 is 6.18 Å². The molecule has 1 heterocycles. The minimum Gasteiger partial charge on any atom is -0.395 e. The van der Waals surface area contributed by atoms with Crippen molar-refractivity contribution >= 4 is 17.1 Å². The van der Waals surface area contributed by atoms with Crippen LogP contribution in [-0.2, 0) is 0 Å². The highest BCUT2D eigenvalue weighted by Gasteiger charge is 2.40. The number of anilines is 2. The second kappa shape index (κ2) is 7.31. The zero-order valence-corrected chi connectivity index (χ0v) is 15.9. The van der Waals surface area contributed by atoms with Crippen molar-refractivity contribution in [3.63, 3.8) is 0 Å². The van der Waals surface area contributed by atoms with E-state index in [4.69, 9.17) is 5.73 Å². The topological polar surface area (TPSA) is 99.1 Å². The minimum absolute atomic E-state index is 0.0171. The average Bonchev–Trinajstić information content (AvgIpc) is 2.59. The molecule has 29 heavy (non-hydrogen) atoms. The summed E-state index contributed by atoms with van der Waals surface area (Å²) in [4.78, 5) is 13.1. The third kappa shape index (κ3) is 4.20. The molecule has 2 aromatic rings. The minimum atomic E-state index is -4.79. The van der Waals surface area contributed by atoms with E-state index in [1.807, 2.05) is 4.90 Å². The number of hydrogen-bond donors (Lipinski definition) is 3. The normalized spacial score (nSPS) is 16.4. The van der Waals surface area contributed by atoms with Crippen LogP contribution in [0.15, 0.2) is 41.6 Å². The molecule has 0 saturated carbocycles. The van der Waals surface area contributed by atoms with Gasteiger partial charge < -0.3 is 20.8 Å². The van der Waals surface area contributed by atoms with Gasteiger partial charge in [0.05, 0.1) is 17.0 Å². The van der Waals surface area contributed by atoms with Gasteiger partial charge in [0.1, 0.15) is 5.69 Å². The number of hydrogen-bond acceptors (Lipinski definition) is 6. The maximum Gasteiger partial charge on any atom is 0.418 e. The molecule has 0 radical (unpaired) electrons. The molecule has 0 aromatic heterocycles. The van der Waals surface area contributed by atoms with Crippen LogP contribution >= 0.6 is 0 Å². The quantitative estimate of drug-likeness (QED) is 0.509. The van der Waals surface area contributed by atoms with Crippen LogP contribution in [0.2, 0.25) is 0 Å². The van der Waals surface area contributed by atoms with Crippen molar-refractivity contribution in [3.8, 4) is 11.1 Å². The molecule has 1 unspecified atom stereocenters. The highest BCUT2D eigenvalue weighted by atomic mass is 19.4. The molecular weight excluding hydrogens is 387 g/mol. The van der Waals surface area contributed by atoms with Crippen molar-refractivity contribution in [2.45, 2.75) is 31.7 Å². The van der Waals surface area contributed by atoms with Gasteiger partial charge in [-0.3, -0.25) is 0 Å². The van der Waals surface area contributed by atoms with Crippen LogP contribution in [0, 0.1) is 10.8 Å². The smallest absolute Gasteiger partial charge is 0.395 e. The zero-order chi connectivity index (χ0) is 21.6. The van der Waals surface area contributed by atoms with E-state index in [0.29, 0.717) is 29.9 Å². The number of aliphatic hydroxyl groups excluding tert-OH is 1. The maximum absolute atomic E-state index is 12.8. The summed E-state index contributed by atoms with van der Waals surface area (Å²) in [5.74, 6) is 0.0171. The Balaban J connectivity index is 1.98. The summed E-state index contributed by atoms with van der Waals surface area (Å²) >= 11 is 0. The number of nitrogens with two attached hydrogens (primary N) is 1. The molecule has 6 nitrogen and oxygen atoms in total. The fourth-order valence-corrected chi connectivity index (χ4v) is 3.33. The van der Waals surface area contributed by atoms with Crippen LogP contribution in [0.25, 0.3) is 11.1 Å². The van der Waals surface area contributed by atoms with Crippen molar-refractivity contribution in [2.75, 3.05) is 23.7 Å². The van der Waals surface area contributed by atoms with Crippen LogP contribution in [0.4, 0.5) is 30.2 Å². The third-order valence-corrected chi connectivity index (χ3v) is 5.30. The van der Waals surface area contributed by atoms with Gasteiger partial charge in [0.15, 0.2) is 6.10 Å². The summed E-state index contributed by atoms with van der Waals surface area (Å²) in [5, 5.41) is 22.6. The molecule has 1 aliphatic heterocycles. The van der Waals surface area contributed by atoms with Gasteiger partial charge in [0.25, 0.3) is 0 Å². The molecule has 0 amide bonds. The fourth-order valence-electron chi connectivity index (χ4n) is 3.33. The molecule has 2 aromatic carbocycles. The fraction of sp³-hybridized carbons (Fsp3) is 0.400. The molecular formula is C20H22F3N3O3. The van der Waals surface area contributed by atoms with Gasteiger partial charge in [0.2, 0.25) is 0 Å². The lowest BCUT2D eigenvalue weighted by Crippen LogP contribution is -2.56. The molecule has 4 N–H and O–H groups in total. The van der Waals surface area contributed by atoms with E-state index in [-0.39, 0.29) is 22.9 Å². The number of nitroso groups, excluding NO2 is 1. The molecule has 3 rings (SSSR count). The van der Waals surface area contributed by atoms with Gasteiger partial charge in [-0.05, 0) is 53.9 Å². The first kappa shape index (κ1) is 21.1. The van der Waals surface area contributed by atoms with E-state index in [0.717, 1.165) is 0 Å². The number of alkyl halides is 3. The molecule has 0 spiro atoms. The summed E-state index contributed by atoms with van der Waals surface area (Å²) in [6, 6.07) is 8.45. The van der Waals surface area contributed by atoms with Gasteiger partial charge in [-0.1, -0.05) is 18.2 Å². The highest BCUT2D eigenvalue weighted by molar-refractivity contribution is 5.86. The van der Waals surface area contributed by atoms with Crippen LogP contribution in [0.5, 0.6) is 0 Å². The number of halogens is 3. The second-order valence-corrected chi connectivity index (χ2v) is 7.84. The lowest BCUT2D eigenvalue weighted by Gasteiger charge is -2.47. The summed E-state index contributed by atoms with van der Waals surface area (Å²) in [5.41, 5.74) is 6.40. The van der Waals surface area contributed by atoms with Crippen LogP contribution in [0.3, 0.4) is 0 Å². The Hall–Kier alpha value is -2.65. The SMILES string of the molecule is CC(C)(O)C1CN(c2cc(-c3cccc(C(O)C(F)(F)F)c3)cc(N=O)c2N)C1. The van der Waals surface area contributed by atoms with Gasteiger partial charge in [-0.15, -0.1) is 4.91 Å². The number of rotatable bonds is 5. The number of aliphatic hydroxyl groups is 2. The number of nitrogens with zero attached hydrogens (tertiary/aromatic N) is 2. The van der Waals surface area contributed by atoms with Crippen molar-refractivity contribution in [2.24, 2.45) is 11.1 Å². The van der Waals surface area contributed by atoms with Crippen LogP contribution < -0.4 is 10.6 Å². The Bertz CT molecular complexity index is 919. The Morgan fingerprint density at radius 3 is 2.38 bits per heavy atom. The molecule has 9 heteroatoms. The van der Waals surface area contributed by atoms with Gasteiger partial charge in [-0.2, -0.15) is 13.2 Å². The monoisotopic (exact) mass is 409 g/mol. The lowest BCUT2D eigenvalue weighted by molar-refractivity contribution is -0.206. The Kier molecular flexibility index (Phi) is 5.31. The standard InChI is InChI=1S/C20H22F3N3O3/c1-19(2,28)14-9-26(10-14)16-8-13(7-15(25-29)17(16)24)11-4-3-5-12(6-11)18(27)20(21,22)23/h3-8,14,18,27-28H,9-10,24H2,1-2H3. The molecule has 1 fully saturated rings. The van der Waals surface area contributed by atoms with E-state index in [1.54, 1.807) is 26.0 Å². The molecule has 0 bridgehead atoms. The Morgan fingerprint density at radius 1 is 1.17 bits per heavy atom. The van der Waals surface area contributed by atoms with Gasteiger partial charge in [0, 0.05) is 19.0 Å². The molecule has 1 atom stereocenters. The molecule has 1 aliphatic rings. The van der Waals surface area contributed by atoms with E-state index in [9.17, 15) is 28.3 Å². The van der Waals surface area contributed by atoms with Crippen LogP contribution in [0.1, 0.15) is 25.5 Å². The van der Waals surface area contributed by atoms with E-state index in [1.165, 1.54) is 24.3 Å². The van der Waals surface area contributed by atoms with Crippen molar-refractivity contribution < 1.29 is 23.4 Å². The largest absolute Gasteiger partial charge is 0.418 e. The highest BCUT2D eigenvalue weighted by Crippen LogP contribution is 2.42. The maximum atomic E-state index is 12.8. The van der Waals surface area contributed by atoms with E-state index in [2.05, 4.69) is 5.18 Å². The van der Waals surface area contributed by atoms with E-state index < -0.39 is 17.9 Å². The first-order valence-electron chi connectivity index (χ1n) is 9.01. The Labute approximate surface area is 165 Å².